The lowest BCUT2D eigenvalue weighted by Crippen LogP contribution is -2.34. The van der Waals surface area contributed by atoms with Gasteiger partial charge < -0.3 is 10.4 Å². The highest BCUT2D eigenvalue weighted by atomic mass is 32.1. The molecule has 0 spiro atoms. The van der Waals surface area contributed by atoms with Gasteiger partial charge in [0, 0.05) is 5.38 Å². The molecule has 1 aromatic carbocycles. The van der Waals surface area contributed by atoms with Crippen LogP contribution >= 0.6 is 11.3 Å². The molecule has 0 aliphatic heterocycles. The fourth-order valence-corrected chi connectivity index (χ4v) is 3.05. The highest BCUT2D eigenvalue weighted by molar-refractivity contribution is 7.09. The number of carboxylic acid groups (broad SMARTS) is 1. The third-order valence-electron chi connectivity index (χ3n) is 3.68. The summed E-state index contributed by atoms with van der Waals surface area (Å²) in [4.78, 5) is 27.1. The summed E-state index contributed by atoms with van der Waals surface area (Å²) in [6.45, 7) is 0.269. The largest absolute Gasteiger partial charge is 0.476 e. The normalized spacial score (nSPS) is 15.4. The zero-order chi connectivity index (χ0) is 14.9. The zero-order valence-electron chi connectivity index (χ0n) is 11.2. The summed E-state index contributed by atoms with van der Waals surface area (Å²) < 4.78 is 0. The topological polar surface area (TPSA) is 79.3 Å². The van der Waals surface area contributed by atoms with Crippen LogP contribution in [0.5, 0.6) is 0 Å². The molecule has 0 bridgehead atoms. The van der Waals surface area contributed by atoms with E-state index in [9.17, 15) is 9.59 Å². The Labute approximate surface area is 125 Å². The Balaban J connectivity index is 1.65. The summed E-state index contributed by atoms with van der Waals surface area (Å²) in [5.74, 6) is -1.06. The molecule has 0 radical (unpaired) electrons. The average Bonchev–Trinajstić information content (AvgIpc) is 3.17. The van der Waals surface area contributed by atoms with Gasteiger partial charge >= 0.3 is 5.97 Å². The molecule has 108 valence electrons. The lowest BCUT2D eigenvalue weighted by Gasteiger charge is -2.15. The highest BCUT2D eigenvalue weighted by Crippen LogP contribution is 2.48. The van der Waals surface area contributed by atoms with Crippen LogP contribution in [0.3, 0.4) is 0 Å². The fraction of sp³-hybridized carbons (Fsp3) is 0.267. The Bertz CT molecular complexity index is 677. The van der Waals surface area contributed by atoms with E-state index in [4.69, 9.17) is 5.11 Å². The van der Waals surface area contributed by atoms with E-state index in [0.29, 0.717) is 5.01 Å². The second-order valence-corrected chi connectivity index (χ2v) is 6.01. The first-order chi connectivity index (χ1) is 10.1. The minimum Gasteiger partial charge on any atom is -0.476 e. The van der Waals surface area contributed by atoms with E-state index in [1.54, 1.807) is 0 Å². The zero-order valence-corrected chi connectivity index (χ0v) is 12.0. The SMILES string of the molecule is O=C(O)c1csc(CNC(=O)C2(c3ccccc3)CC2)n1. The van der Waals surface area contributed by atoms with Crippen molar-refractivity contribution in [2.75, 3.05) is 0 Å². The van der Waals surface area contributed by atoms with Gasteiger partial charge in [0.2, 0.25) is 5.91 Å². The van der Waals surface area contributed by atoms with Crippen molar-refractivity contribution in [3.63, 3.8) is 0 Å². The van der Waals surface area contributed by atoms with Gasteiger partial charge in [-0.05, 0) is 18.4 Å². The Hall–Kier alpha value is -2.21. The van der Waals surface area contributed by atoms with Crippen molar-refractivity contribution in [2.24, 2.45) is 0 Å². The van der Waals surface area contributed by atoms with Gasteiger partial charge in [-0.2, -0.15) is 0 Å². The second-order valence-electron chi connectivity index (χ2n) is 5.06. The van der Waals surface area contributed by atoms with E-state index >= 15 is 0 Å². The number of nitrogens with zero attached hydrogens (tertiary/aromatic N) is 1. The molecule has 1 amide bonds. The molecular weight excluding hydrogens is 288 g/mol. The third kappa shape index (κ3) is 2.67. The second kappa shape index (κ2) is 5.29. The Morgan fingerprint density at radius 1 is 1.29 bits per heavy atom. The first-order valence-corrected chi connectivity index (χ1v) is 7.51. The number of carbonyl (C=O) groups excluding carboxylic acids is 1. The number of rotatable bonds is 5. The molecule has 0 saturated heterocycles. The standard InChI is InChI=1S/C15H14N2O3S/c18-13(19)11-9-21-12(17-11)8-16-14(20)15(6-7-15)10-4-2-1-3-5-10/h1-5,9H,6-8H2,(H,16,20)(H,18,19). The molecule has 1 saturated carbocycles. The summed E-state index contributed by atoms with van der Waals surface area (Å²) >= 11 is 1.24. The number of benzene rings is 1. The van der Waals surface area contributed by atoms with E-state index in [2.05, 4.69) is 10.3 Å². The summed E-state index contributed by atoms with van der Waals surface area (Å²) in [5.41, 5.74) is 0.648. The molecule has 0 unspecified atom stereocenters. The van der Waals surface area contributed by atoms with E-state index < -0.39 is 11.4 Å². The van der Waals surface area contributed by atoms with Crippen molar-refractivity contribution >= 4 is 23.2 Å². The number of amides is 1. The smallest absolute Gasteiger partial charge is 0.355 e. The molecule has 0 atom stereocenters. The van der Waals surface area contributed by atoms with Gasteiger partial charge in [-0.1, -0.05) is 30.3 Å². The van der Waals surface area contributed by atoms with Gasteiger partial charge in [0.05, 0.1) is 12.0 Å². The predicted octanol–water partition coefficient (Wildman–Crippen LogP) is 2.19. The van der Waals surface area contributed by atoms with Crippen molar-refractivity contribution in [3.8, 4) is 0 Å². The van der Waals surface area contributed by atoms with Crippen LogP contribution in [-0.4, -0.2) is 22.0 Å². The molecule has 2 N–H and O–H groups in total. The number of carbonyl (C=O) groups is 2. The molecule has 1 fully saturated rings. The molecular formula is C15H14N2O3S. The molecule has 6 heteroatoms. The number of nitrogens with one attached hydrogen (secondary N) is 1. The van der Waals surface area contributed by atoms with Gasteiger partial charge in [-0.3, -0.25) is 4.79 Å². The van der Waals surface area contributed by atoms with Crippen LogP contribution < -0.4 is 5.32 Å². The average molecular weight is 302 g/mol. The Kier molecular flexibility index (Phi) is 3.47. The maximum atomic E-state index is 12.4. The molecule has 1 aliphatic carbocycles. The third-order valence-corrected chi connectivity index (χ3v) is 4.53. The fourth-order valence-electron chi connectivity index (χ4n) is 2.34. The number of hydrogen-bond donors (Lipinski definition) is 2. The van der Waals surface area contributed by atoms with E-state index in [-0.39, 0.29) is 18.1 Å². The van der Waals surface area contributed by atoms with Crippen molar-refractivity contribution in [3.05, 3.63) is 52.0 Å². The van der Waals surface area contributed by atoms with Crippen LogP contribution in [0.2, 0.25) is 0 Å². The minimum atomic E-state index is -1.05. The van der Waals surface area contributed by atoms with E-state index in [1.165, 1.54) is 16.7 Å². The molecule has 1 aliphatic rings. The lowest BCUT2D eigenvalue weighted by atomic mass is 9.95. The van der Waals surface area contributed by atoms with Crippen LogP contribution in [0.15, 0.2) is 35.7 Å². The van der Waals surface area contributed by atoms with Gasteiger partial charge in [0.25, 0.3) is 0 Å². The maximum absolute atomic E-state index is 12.4. The minimum absolute atomic E-state index is 0.0132. The highest BCUT2D eigenvalue weighted by Gasteiger charge is 2.50. The van der Waals surface area contributed by atoms with Crippen LogP contribution in [0, 0.1) is 0 Å². The maximum Gasteiger partial charge on any atom is 0.355 e. The van der Waals surface area contributed by atoms with Crippen molar-refractivity contribution in [1.82, 2.24) is 10.3 Å². The molecule has 1 heterocycles. The lowest BCUT2D eigenvalue weighted by molar-refractivity contribution is -0.123. The van der Waals surface area contributed by atoms with Crippen molar-refractivity contribution < 1.29 is 14.7 Å². The number of carboxylic acids is 1. The first-order valence-electron chi connectivity index (χ1n) is 6.63. The molecule has 3 rings (SSSR count). The molecule has 21 heavy (non-hydrogen) atoms. The monoisotopic (exact) mass is 302 g/mol. The van der Waals surface area contributed by atoms with Crippen LogP contribution in [-0.2, 0) is 16.8 Å². The Morgan fingerprint density at radius 3 is 2.57 bits per heavy atom. The van der Waals surface area contributed by atoms with E-state index in [0.717, 1.165) is 18.4 Å². The summed E-state index contributed by atoms with van der Waals surface area (Å²) in [5, 5.41) is 13.8. The number of hydrogen-bond acceptors (Lipinski definition) is 4. The predicted molar refractivity (Wildman–Crippen MR) is 78.3 cm³/mol. The van der Waals surface area contributed by atoms with Crippen molar-refractivity contribution in [1.29, 1.82) is 0 Å². The van der Waals surface area contributed by atoms with Gasteiger partial charge in [-0.15, -0.1) is 11.3 Å². The molecule has 5 nitrogen and oxygen atoms in total. The molecule has 1 aromatic heterocycles. The van der Waals surface area contributed by atoms with Crippen LogP contribution in [0.25, 0.3) is 0 Å². The van der Waals surface area contributed by atoms with Crippen LogP contribution in [0.1, 0.15) is 33.9 Å². The number of aromatic nitrogens is 1. The van der Waals surface area contributed by atoms with Gasteiger partial charge in [-0.25, -0.2) is 9.78 Å². The quantitative estimate of drug-likeness (QED) is 0.887. The first kappa shape index (κ1) is 13.8. The van der Waals surface area contributed by atoms with E-state index in [1.807, 2.05) is 30.3 Å². The number of aromatic carboxylic acids is 1. The molecule has 2 aromatic rings. The number of thiazole rings is 1. The summed E-state index contributed by atoms with van der Waals surface area (Å²) in [7, 11) is 0. The summed E-state index contributed by atoms with van der Waals surface area (Å²) in [6, 6.07) is 9.74. The van der Waals surface area contributed by atoms with Crippen molar-refractivity contribution in [2.45, 2.75) is 24.8 Å². The summed E-state index contributed by atoms with van der Waals surface area (Å²) in [6.07, 6.45) is 1.70. The Morgan fingerprint density at radius 2 is 2.00 bits per heavy atom. The van der Waals surface area contributed by atoms with Gasteiger partial charge in [0.15, 0.2) is 5.69 Å². The van der Waals surface area contributed by atoms with Gasteiger partial charge in [0.1, 0.15) is 5.01 Å². The van der Waals surface area contributed by atoms with Crippen LogP contribution in [0.4, 0.5) is 0 Å².